The summed E-state index contributed by atoms with van der Waals surface area (Å²) in [7, 11) is 1.68. The number of carbonyl (C=O) groups is 1. The van der Waals surface area contributed by atoms with Gasteiger partial charge in [-0.15, -0.1) is 0 Å². The number of benzene rings is 1. The summed E-state index contributed by atoms with van der Waals surface area (Å²) in [5, 5.41) is 0. The van der Waals surface area contributed by atoms with Gasteiger partial charge < -0.3 is 20.1 Å². The summed E-state index contributed by atoms with van der Waals surface area (Å²) in [6.07, 6.45) is 3.52. The molecule has 132 valence electrons. The number of piperidine rings is 1. The molecule has 0 aromatic heterocycles. The number of methoxy groups -OCH3 is 1. The van der Waals surface area contributed by atoms with Crippen molar-refractivity contribution in [1.29, 1.82) is 0 Å². The Morgan fingerprint density at radius 2 is 1.88 bits per heavy atom. The molecule has 3 rings (SSSR count). The third-order valence-electron chi connectivity index (χ3n) is 5.66. The summed E-state index contributed by atoms with van der Waals surface area (Å²) < 4.78 is 10.6. The lowest BCUT2D eigenvalue weighted by atomic mass is 9.78. The molecule has 2 heterocycles. The second-order valence-electron chi connectivity index (χ2n) is 6.94. The van der Waals surface area contributed by atoms with E-state index < -0.39 is 5.41 Å². The molecule has 2 aliphatic heterocycles. The lowest BCUT2D eigenvalue weighted by molar-refractivity contribution is -0.148. The molecule has 0 bridgehead atoms. The molecule has 0 unspecified atom stereocenters. The van der Waals surface area contributed by atoms with Crippen LogP contribution in [0.4, 0.5) is 0 Å². The first-order chi connectivity index (χ1) is 11.7. The highest BCUT2D eigenvalue weighted by molar-refractivity contribution is 5.83. The van der Waals surface area contributed by atoms with E-state index in [1.807, 2.05) is 17.0 Å². The van der Waals surface area contributed by atoms with Crippen LogP contribution in [0.5, 0.6) is 5.75 Å². The van der Waals surface area contributed by atoms with Crippen molar-refractivity contribution in [3.63, 3.8) is 0 Å². The first-order valence-corrected chi connectivity index (χ1v) is 8.90. The van der Waals surface area contributed by atoms with E-state index >= 15 is 0 Å². The number of rotatable bonds is 4. The first-order valence-electron chi connectivity index (χ1n) is 8.90. The molecular formula is C19H28N2O3. The molecule has 2 fully saturated rings. The van der Waals surface area contributed by atoms with E-state index in [4.69, 9.17) is 15.2 Å². The van der Waals surface area contributed by atoms with Crippen LogP contribution in [0, 0.1) is 5.41 Å². The topological polar surface area (TPSA) is 64.8 Å². The van der Waals surface area contributed by atoms with Crippen LogP contribution >= 0.6 is 0 Å². The van der Waals surface area contributed by atoms with Crippen LogP contribution in [0.3, 0.4) is 0 Å². The minimum absolute atomic E-state index is 0.237. The molecule has 2 aliphatic rings. The monoisotopic (exact) mass is 332 g/mol. The van der Waals surface area contributed by atoms with Crippen molar-refractivity contribution in [2.45, 2.75) is 31.6 Å². The van der Waals surface area contributed by atoms with E-state index in [9.17, 15) is 4.79 Å². The maximum atomic E-state index is 13.0. The Morgan fingerprint density at radius 1 is 1.25 bits per heavy atom. The van der Waals surface area contributed by atoms with E-state index in [0.29, 0.717) is 25.7 Å². The number of carbonyl (C=O) groups excluding carboxylic acids is 1. The van der Waals surface area contributed by atoms with Crippen molar-refractivity contribution in [3.8, 4) is 5.75 Å². The fourth-order valence-electron chi connectivity index (χ4n) is 3.89. The summed E-state index contributed by atoms with van der Waals surface area (Å²) >= 11 is 0. The standard InChI is InChI=1S/C19H28N2O3/c1-23-17-4-2-15(3-5-17)16-6-10-21(11-7-16)18(22)19(14-20)8-12-24-13-9-19/h2-5,16H,6-14,20H2,1H3. The number of hydrogen-bond donors (Lipinski definition) is 1. The number of nitrogens with two attached hydrogens (primary N) is 1. The number of nitrogens with zero attached hydrogens (tertiary/aromatic N) is 1. The van der Waals surface area contributed by atoms with Crippen LogP contribution in [-0.4, -0.2) is 50.8 Å². The molecule has 5 nitrogen and oxygen atoms in total. The third kappa shape index (κ3) is 3.42. The largest absolute Gasteiger partial charge is 0.497 e. The summed E-state index contributed by atoms with van der Waals surface area (Å²) in [6.45, 7) is 3.35. The Bertz CT molecular complexity index is 544. The molecule has 2 saturated heterocycles. The molecule has 2 N–H and O–H groups in total. The van der Waals surface area contributed by atoms with Gasteiger partial charge in [0.2, 0.25) is 5.91 Å². The lowest BCUT2D eigenvalue weighted by Crippen LogP contribution is -2.52. The number of hydrogen-bond acceptors (Lipinski definition) is 4. The summed E-state index contributed by atoms with van der Waals surface area (Å²) in [5.74, 6) is 1.64. The highest BCUT2D eigenvalue weighted by Crippen LogP contribution is 2.35. The van der Waals surface area contributed by atoms with Crippen molar-refractivity contribution >= 4 is 5.91 Å². The summed E-state index contributed by atoms with van der Waals surface area (Å²) in [5.41, 5.74) is 6.91. The maximum Gasteiger partial charge on any atom is 0.230 e. The molecule has 0 saturated carbocycles. The van der Waals surface area contributed by atoms with Crippen molar-refractivity contribution in [2.75, 3.05) is 40.0 Å². The maximum absolute atomic E-state index is 13.0. The number of likely N-dealkylation sites (tertiary alicyclic amines) is 1. The second-order valence-corrected chi connectivity index (χ2v) is 6.94. The Hall–Kier alpha value is -1.59. The zero-order valence-corrected chi connectivity index (χ0v) is 14.5. The minimum atomic E-state index is -0.398. The lowest BCUT2D eigenvalue weighted by Gasteiger charge is -2.41. The fraction of sp³-hybridized carbons (Fsp3) is 0.632. The van der Waals surface area contributed by atoms with Gasteiger partial charge in [-0.1, -0.05) is 12.1 Å². The quantitative estimate of drug-likeness (QED) is 0.918. The van der Waals surface area contributed by atoms with Crippen molar-refractivity contribution in [3.05, 3.63) is 29.8 Å². The Kier molecular flexibility index (Phi) is 5.41. The highest BCUT2D eigenvalue weighted by atomic mass is 16.5. The normalized spacial score (nSPS) is 21.5. The molecule has 0 aliphatic carbocycles. The average molecular weight is 332 g/mol. The smallest absolute Gasteiger partial charge is 0.230 e. The first kappa shape index (κ1) is 17.2. The highest BCUT2D eigenvalue weighted by Gasteiger charge is 2.42. The molecule has 24 heavy (non-hydrogen) atoms. The molecule has 1 amide bonds. The number of amides is 1. The van der Waals surface area contributed by atoms with Crippen LogP contribution in [0.15, 0.2) is 24.3 Å². The van der Waals surface area contributed by atoms with Crippen LogP contribution in [0.2, 0.25) is 0 Å². The van der Waals surface area contributed by atoms with Crippen LogP contribution in [0.25, 0.3) is 0 Å². The van der Waals surface area contributed by atoms with Gasteiger partial charge in [-0.3, -0.25) is 4.79 Å². The van der Waals surface area contributed by atoms with Gasteiger partial charge in [0.05, 0.1) is 12.5 Å². The van der Waals surface area contributed by atoms with Crippen molar-refractivity contribution in [1.82, 2.24) is 4.90 Å². The second kappa shape index (κ2) is 7.53. The van der Waals surface area contributed by atoms with Gasteiger partial charge in [-0.25, -0.2) is 0 Å². The Balaban J connectivity index is 1.60. The molecule has 0 radical (unpaired) electrons. The van der Waals surface area contributed by atoms with Crippen LogP contribution < -0.4 is 10.5 Å². The van der Waals surface area contributed by atoms with Crippen LogP contribution in [0.1, 0.15) is 37.2 Å². The Morgan fingerprint density at radius 3 is 2.42 bits per heavy atom. The van der Waals surface area contributed by atoms with Gasteiger partial charge in [0.1, 0.15) is 5.75 Å². The average Bonchev–Trinajstić information content (AvgIpc) is 2.68. The minimum Gasteiger partial charge on any atom is -0.497 e. The van der Waals surface area contributed by atoms with Crippen molar-refractivity contribution < 1.29 is 14.3 Å². The SMILES string of the molecule is COc1ccc(C2CCN(C(=O)C3(CN)CCOCC3)CC2)cc1. The molecule has 0 spiro atoms. The fourth-order valence-corrected chi connectivity index (χ4v) is 3.89. The molecule has 1 aromatic carbocycles. The van der Waals surface area contributed by atoms with E-state index in [-0.39, 0.29) is 5.91 Å². The van der Waals surface area contributed by atoms with Gasteiger partial charge in [0.25, 0.3) is 0 Å². The summed E-state index contributed by atoms with van der Waals surface area (Å²) in [4.78, 5) is 15.0. The van der Waals surface area contributed by atoms with Gasteiger partial charge in [0.15, 0.2) is 0 Å². The van der Waals surface area contributed by atoms with Gasteiger partial charge >= 0.3 is 0 Å². The Labute approximate surface area is 144 Å². The van der Waals surface area contributed by atoms with E-state index in [0.717, 1.165) is 44.5 Å². The van der Waals surface area contributed by atoms with E-state index in [2.05, 4.69) is 12.1 Å². The molecule has 5 heteroatoms. The summed E-state index contributed by atoms with van der Waals surface area (Å²) in [6, 6.07) is 8.30. The molecular weight excluding hydrogens is 304 g/mol. The number of ether oxygens (including phenoxy) is 2. The predicted octanol–water partition coefficient (Wildman–Crippen LogP) is 2.16. The third-order valence-corrected chi connectivity index (χ3v) is 5.66. The van der Waals surface area contributed by atoms with E-state index in [1.54, 1.807) is 7.11 Å². The molecule has 1 aromatic rings. The van der Waals surface area contributed by atoms with Gasteiger partial charge in [0, 0.05) is 32.8 Å². The van der Waals surface area contributed by atoms with Crippen LogP contribution in [-0.2, 0) is 9.53 Å². The zero-order valence-electron chi connectivity index (χ0n) is 14.5. The van der Waals surface area contributed by atoms with Gasteiger partial charge in [-0.2, -0.15) is 0 Å². The van der Waals surface area contributed by atoms with E-state index in [1.165, 1.54) is 5.56 Å². The van der Waals surface area contributed by atoms with Gasteiger partial charge in [-0.05, 0) is 49.3 Å². The van der Waals surface area contributed by atoms with Crippen molar-refractivity contribution in [2.24, 2.45) is 11.1 Å². The zero-order chi connectivity index (χ0) is 17.0. The predicted molar refractivity (Wildman–Crippen MR) is 93.1 cm³/mol. The molecule has 0 atom stereocenters.